The molecule has 1 aromatic rings. The number of guanidine groups is 1. The molecule has 0 spiro atoms. The van der Waals surface area contributed by atoms with E-state index in [4.69, 9.17) is 4.74 Å². The Kier molecular flexibility index (Phi) is 10.1. The summed E-state index contributed by atoms with van der Waals surface area (Å²) in [6.07, 6.45) is 1.11. The van der Waals surface area contributed by atoms with E-state index in [0.29, 0.717) is 13.0 Å². The number of nitrogens with one attached hydrogen (secondary N) is 2. The zero-order valence-corrected chi connectivity index (χ0v) is 13.7. The minimum atomic E-state index is -0.450. The van der Waals surface area contributed by atoms with Crippen molar-refractivity contribution in [1.82, 2.24) is 10.6 Å². The topological polar surface area (TPSA) is 65.9 Å². The monoisotopic (exact) mass is 307 g/mol. The lowest BCUT2D eigenvalue weighted by Crippen LogP contribution is -2.38. The van der Waals surface area contributed by atoms with E-state index in [1.165, 1.54) is 0 Å². The minimum Gasteiger partial charge on any atom is -0.388 e. The van der Waals surface area contributed by atoms with Crippen molar-refractivity contribution in [2.24, 2.45) is 4.99 Å². The zero-order chi connectivity index (χ0) is 16.0. The predicted octanol–water partition coefficient (Wildman–Crippen LogP) is 2.09. The smallest absolute Gasteiger partial charge is 0.191 e. The summed E-state index contributed by atoms with van der Waals surface area (Å²) in [5.74, 6) is 0.791. The molecule has 0 bridgehead atoms. The molecule has 0 amide bonds. The predicted molar refractivity (Wildman–Crippen MR) is 91.1 cm³/mol. The van der Waals surface area contributed by atoms with Gasteiger partial charge in [-0.15, -0.1) is 0 Å². The number of aliphatic hydroxyl groups excluding tert-OH is 1. The molecule has 1 unspecified atom stereocenters. The highest BCUT2D eigenvalue weighted by Crippen LogP contribution is 2.14. The van der Waals surface area contributed by atoms with Gasteiger partial charge in [0.05, 0.1) is 6.10 Å². The Hall–Kier alpha value is -1.59. The number of aliphatic hydroxyl groups is 1. The third-order valence-corrected chi connectivity index (χ3v) is 3.16. The summed E-state index contributed by atoms with van der Waals surface area (Å²) in [6.45, 7) is 7.75. The van der Waals surface area contributed by atoms with Crippen LogP contribution in [-0.4, -0.2) is 43.9 Å². The standard InChI is InChI=1S/C17H29N3O2/c1-3-18-17(19-12-8-14-22-4-2)20-13-11-16(21)15-9-6-5-7-10-15/h5-7,9-10,16,21H,3-4,8,11-14H2,1-2H3,(H2,18,19,20). The SMILES string of the molecule is CCNC(=NCCCOCC)NCCC(O)c1ccccc1. The maximum Gasteiger partial charge on any atom is 0.191 e. The van der Waals surface area contributed by atoms with Crippen molar-refractivity contribution in [2.45, 2.75) is 32.8 Å². The molecule has 0 fully saturated rings. The molecule has 0 saturated carbocycles. The number of benzene rings is 1. The first-order valence-corrected chi connectivity index (χ1v) is 8.10. The third-order valence-electron chi connectivity index (χ3n) is 3.16. The molecule has 1 rings (SSSR count). The fourth-order valence-corrected chi connectivity index (χ4v) is 2.01. The van der Waals surface area contributed by atoms with Gasteiger partial charge in [0.1, 0.15) is 0 Å². The first-order valence-electron chi connectivity index (χ1n) is 8.10. The molecular formula is C17H29N3O2. The molecule has 5 heteroatoms. The summed E-state index contributed by atoms with van der Waals surface area (Å²) in [6, 6.07) is 9.72. The second-order valence-corrected chi connectivity index (χ2v) is 4.95. The molecule has 0 aliphatic rings. The highest BCUT2D eigenvalue weighted by Gasteiger charge is 2.06. The van der Waals surface area contributed by atoms with E-state index in [-0.39, 0.29) is 0 Å². The van der Waals surface area contributed by atoms with Gasteiger partial charge >= 0.3 is 0 Å². The van der Waals surface area contributed by atoms with Gasteiger partial charge in [0.15, 0.2) is 5.96 Å². The largest absolute Gasteiger partial charge is 0.388 e. The van der Waals surface area contributed by atoms with E-state index in [9.17, 15) is 5.11 Å². The molecule has 5 nitrogen and oxygen atoms in total. The number of rotatable bonds is 10. The Morgan fingerprint density at radius 2 is 2.00 bits per heavy atom. The molecule has 1 atom stereocenters. The van der Waals surface area contributed by atoms with E-state index < -0.39 is 6.10 Å². The van der Waals surface area contributed by atoms with Gasteiger partial charge in [-0.25, -0.2) is 0 Å². The van der Waals surface area contributed by atoms with Crippen LogP contribution in [-0.2, 0) is 4.74 Å². The van der Waals surface area contributed by atoms with Crippen molar-refractivity contribution < 1.29 is 9.84 Å². The summed E-state index contributed by atoms with van der Waals surface area (Å²) in [5, 5.41) is 16.6. The maximum absolute atomic E-state index is 10.1. The fourth-order valence-electron chi connectivity index (χ4n) is 2.01. The Labute approximate surface area is 133 Å². The van der Waals surface area contributed by atoms with Gasteiger partial charge in [-0.3, -0.25) is 4.99 Å². The summed E-state index contributed by atoms with van der Waals surface area (Å²) >= 11 is 0. The van der Waals surface area contributed by atoms with Crippen LogP contribution in [0.15, 0.2) is 35.3 Å². The molecule has 0 aliphatic carbocycles. The van der Waals surface area contributed by atoms with Crippen molar-refractivity contribution in [3.05, 3.63) is 35.9 Å². The van der Waals surface area contributed by atoms with Crippen LogP contribution in [0, 0.1) is 0 Å². The van der Waals surface area contributed by atoms with Crippen LogP contribution in [0.3, 0.4) is 0 Å². The second-order valence-electron chi connectivity index (χ2n) is 4.95. The summed E-state index contributed by atoms with van der Waals surface area (Å²) < 4.78 is 5.29. The normalized spacial score (nSPS) is 13.0. The first-order chi connectivity index (χ1) is 10.8. The molecule has 0 saturated heterocycles. The lowest BCUT2D eigenvalue weighted by Gasteiger charge is -2.14. The van der Waals surface area contributed by atoms with E-state index in [2.05, 4.69) is 15.6 Å². The van der Waals surface area contributed by atoms with Gasteiger partial charge in [-0.1, -0.05) is 30.3 Å². The average molecular weight is 307 g/mol. The molecule has 0 radical (unpaired) electrons. The molecule has 0 aliphatic heterocycles. The molecule has 22 heavy (non-hydrogen) atoms. The van der Waals surface area contributed by atoms with Crippen LogP contribution in [0.1, 0.15) is 38.4 Å². The van der Waals surface area contributed by atoms with Crippen molar-refractivity contribution in [3.8, 4) is 0 Å². The Morgan fingerprint density at radius 3 is 2.68 bits per heavy atom. The molecule has 0 aromatic heterocycles. The van der Waals surface area contributed by atoms with Crippen molar-refractivity contribution in [3.63, 3.8) is 0 Å². The Balaban J connectivity index is 2.29. The van der Waals surface area contributed by atoms with Gasteiger partial charge in [-0.2, -0.15) is 0 Å². The van der Waals surface area contributed by atoms with Crippen molar-refractivity contribution >= 4 is 5.96 Å². The number of nitrogens with zero attached hydrogens (tertiary/aromatic N) is 1. The first kappa shape index (κ1) is 18.5. The van der Waals surface area contributed by atoms with E-state index in [0.717, 1.165) is 44.2 Å². The zero-order valence-electron chi connectivity index (χ0n) is 13.7. The second kappa shape index (κ2) is 12.0. The number of hydrogen-bond acceptors (Lipinski definition) is 3. The van der Waals surface area contributed by atoms with Gasteiger partial charge in [0.2, 0.25) is 0 Å². The number of aliphatic imine (C=N–C) groups is 1. The lowest BCUT2D eigenvalue weighted by molar-refractivity contribution is 0.146. The fraction of sp³-hybridized carbons (Fsp3) is 0.588. The van der Waals surface area contributed by atoms with Gasteiger partial charge in [0.25, 0.3) is 0 Å². The quantitative estimate of drug-likeness (QED) is 0.352. The van der Waals surface area contributed by atoms with Crippen LogP contribution in [0.2, 0.25) is 0 Å². The average Bonchev–Trinajstić information content (AvgIpc) is 2.55. The third kappa shape index (κ3) is 8.00. The molecule has 124 valence electrons. The highest BCUT2D eigenvalue weighted by molar-refractivity contribution is 5.79. The van der Waals surface area contributed by atoms with E-state index >= 15 is 0 Å². The Bertz CT molecular complexity index is 410. The molecule has 1 aromatic carbocycles. The molecule has 0 heterocycles. The van der Waals surface area contributed by atoms with Gasteiger partial charge in [0, 0.05) is 32.8 Å². The van der Waals surface area contributed by atoms with Gasteiger partial charge < -0.3 is 20.5 Å². The number of ether oxygens (including phenoxy) is 1. The van der Waals surface area contributed by atoms with E-state index in [1.54, 1.807) is 0 Å². The van der Waals surface area contributed by atoms with Crippen LogP contribution in [0.4, 0.5) is 0 Å². The molecular weight excluding hydrogens is 278 g/mol. The summed E-state index contributed by atoms with van der Waals surface area (Å²) in [4.78, 5) is 4.49. The molecule has 3 N–H and O–H groups in total. The lowest BCUT2D eigenvalue weighted by atomic mass is 10.1. The van der Waals surface area contributed by atoms with Crippen LogP contribution in [0.5, 0.6) is 0 Å². The minimum absolute atomic E-state index is 0.450. The summed E-state index contributed by atoms with van der Waals surface area (Å²) in [5.41, 5.74) is 0.947. The summed E-state index contributed by atoms with van der Waals surface area (Å²) in [7, 11) is 0. The van der Waals surface area contributed by atoms with Crippen molar-refractivity contribution in [2.75, 3.05) is 32.8 Å². The van der Waals surface area contributed by atoms with Crippen LogP contribution >= 0.6 is 0 Å². The number of hydrogen-bond donors (Lipinski definition) is 3. The van der Waals surface area contributed by atoms with Crippen molar-refractivity contribution in [1.29, 1.82) is 0 Å². The highest BCUT2D eigenvalue weighted by atomic mass is 16.5. The van der Waals surface area contributed by atoms with E-state index in [1.807, 2.05) is 44.2 Å². The van der Waals surface area contributed by atoms with Gasteiger partial charge in [-0.05, 0) is 32.3 Å². The maximum atomic E-state index is 10.1. The van der Waals surface area contributed by atoms with Crippen LogP contribution in [0.25, 0.3) is 0 Å². The Morgan fingerprint density at radius 1 is 1.23 bits per heavy atom. The van der Waals surface area contributed by atoms with Crippen LogP contribution < -0.4 is 10.6 Å².